The molecule has 1 aromatic carbocycles. The van der Waals surface area contributed by atoms with Crippen LogP contribution in [0.1, 0.15) is 49.9 Å². The minimum absolute atomic E-state index is 0.274. The van der Waals surface area contributed by atoms with Crippen LogP contribution in [0.4, 0.5) is 0 Å². The molecule has 1 aliphatic rings. The molecule has 0 aliphatic heterocycles. The van der Waals surface area contributed by atoms with Crippen molar-refractivity contribution in [3.63, 3.8) is 0 Å². The molecule has 2 heteroatoms. The van der Waals surface area contributed by atoms with Gasteiger partial charge in [-0.15, -0.1) is 0 Å². The molecule has 0 atom stereocenters. The first-order chi connectivity index (χ1) is 9.16. The number of rotatable bonds is 8. The summed E-state index contributed by atoms with van der Waals surface area (Å²) in [6, 6.07) is 10.2. The molecule has 2 nitrogen and oxygen atoms in total. The maximum Gasteiger partial charge on any atom is 0.162 e. The van der Waals surface area contributed by atoms with Crippen molar-refractivity contribution >= 4 is 5.78 Å². The lowest BCUT2D eigenvalue weighted by molar-refractivity contribution is 0.0971. The first-order valence-electron chi connectivity index (χ1n) is 7.49. The van der Waals surface area contributed by atoms with Crippen molar-refractivity contribution in [1.29, 1.82) is 0 Å². The van der Waals surface area contributed by atoms with Crippen molar-refractivity contribution in [3.8, 4) is 0 Å². The highest BCUT2D eigenvalue weighted by atomic mass is 16.1. The average Bonchev–Trinajstić information content (AvgIpc) is 3.22. The third-order valence-electron chi connectivity index (χ3n) is 3.86. The highest BCUT2D eigenvalue weighted by molar-refractivity contribution is 5.95. The number of Topliss-reactive ketones (excluding diaryl/α,β-unsaturated/α-hetero) is 1. The van der Waals surface area contributed by atoms with E-state index in [1.807, 2.05) is 30.3 Å². The molecule has 0 N–H and O–H groups in total. The predicted molar refractivity (Wildman–Crippen MR) is 79.4 cm³/mol. The van der Waals surface area contributed by atoms with Gasteiger partial charge in [-0.05, 0) is 45.6 Å². The summed E-state index contributed by atoms with van der Waals surface area (Å²) in [6.07, 6.45) is 4.43. The standard InChI is InChI=1S/C17H25NO/c1-14(2)18(13-15-10-11-15)12-6-9-17(19)16-7-4-3-5-8-16/h3-5,7-8,14-15H,6,9-13H2,1-2H3. The fourth-order valence-corrected chi connectivity index (χ4v) is 2.40. The second kappa shape index (κ2) is 6.85. The Morgan fingerprint density at radius 1 is 1.26 bits per heavy atom. The molecule has 2 rings (SSSR count). The van der Waals surface area contributed by atoms with E-state index in [1.54, 1.807) is 0 Å². The summed E-state index contributed by atoms with van der Waals surface area (Å²) in [4.78, 5) is 14.5. The molecule has 0 bridgehead atoms. The van der Waals surface area contributed by atoms with Crippen molar-refractivity contribution in [1.82, 2.24) is 4.90 Å². The van der Waals surface area contributed by atoms with Crippen molar-refractivity contribution in [2.24, 2.45) is 5.92 Å². The Bertz CT molecular complexity index is 395. The number of hydrogen-bond donors (Lipinski definition) is 0. The minimum atomic E-state index is 0.274. The minimum Gasteiger partial charge on any atom is -0.301 e. The molecule has 1 aromatic rings. The Kier molecular flexibility index (Phi) is 5.15. The van der Waals surface area contributed by atoms with Crippen LogP contribution in [-0.2, 0) is 0 Å². The van der Waals surface area contributed by atoms with Crippen LogP contribution in [0.25, 0.3) is 0 Å². The van der Waals surface area contributed by atoms with E-state index < -0.39 is 0 Å². The maximum absolute atomic E-state index is 12.0. The molecule has 0 radical (unpaired) electrons. The molecule has 0 amide bonds. The molecule has 104 valence electrons. The van der Waals surface area contributed by atoms with Crippen LogP contribution in [0, 0.1) is 5.92 Å². The smallest absolute Gasteiger partial charge is 0.162 e. The Hall–Kier alpha value is -1.15. The van der Waals surface area contributed by atoms with E-state index in [0.29, 0.717) is 12.5 Å². The Labute approximate surface area is 116 Å². The summed E-state index contributed by atoms with van der Waals surface area (Å²) < 4.78 is 0. The summed E-state index contributed by atoms with van der Waals surface area (Å²) >= 11 is 0. The fraction of sp³-hybridized carbons (Fsp3) is 0.588. The van der Waals surface area contributed by atoms with E-state index in [1.165, 1.54) is 19.4 Å². The molecule has 0 heterocycles. The lowest BCUT2D eigenvalue weighted by Gasteiger charge is -2.26. The van der Waals surface area contributed by atoms with Gasteiger partial charge in [0, 0.05) is 24.6 Å². The third-order valence-corrected chi connectivity index (χ3v) is 3.86. The Balaban J connectivity index is 1.73. The second-order valence-electron chi connectivity index (χ2n) is 5.92. The van der Waals surface area contributed by atoms with E-state index in [4.69, 9.17) is 0 Å². The highest BCUT2D eigenvalue weighted by Gasteiger charge is 2.25. The normalized spacial score (nSPS) is 15.2. The van der Waals surface area contributed by atoms with Crippen LogP contribution < -0.4 is 0 Å². The number of carbonyl (C=O) groups is 1. The van der Waals surface area contributed by atoms with Crippen molar-refractivity contribution in [2.45, 2.75) is 45.6 Å². The SMILES string of the molecule is CC(C)N(CCCC(=O)c1ccccc1)CC1CC1. The van der Waals surface area contributed by atoms with Crippen molar-refractivity contribution in [2.75, 3.05) is 13.1 Å². The predicted octanol–water partition coefficient (Wildman–Crippen LogP) is 3.77. The molecular formula is C17H25NO. The van der Waals surface area contributed by atoms with Crippen LogP contribution >= 0.6 is 0 Å². The zero-order valence-corrected chi connectivity index (χ0v) is 12.1. The molecule has 19 heavy (non-hydrogen) atoms. The quantitative estimate of drug-likeness (QED) is 0.662. The van der Waals surface area contributed by atoms with Gasteiger partial charge in [0.2, 0.25) is 0 Å². The molecular weight excluding hydrogens is 234 g/mol. The zero-order chi connectivity index (χ0) is 13.7. The van der Waals surface area contributed by atoms with Gasteiger partial charge >= 0.3 is 0 Å². The summed E-state index contributed by atoms with van der Waals surface area (Å²) in [5.41, 5.74) is 0.848. The van der Waals surface area contributed by atoms with E-state index in [2.05, 4.69) is 18.7 Å². The summed E-state index contributed by atoms with van der Waals surface area (Å²) in [6.45, 7) is 6.77. The number of carbonyl (C=O) groups excluding carboxylic acids is 1. The van der Waals surface area contributed by atoms with Crippen LogP contribution in [0.5, 0.6) is 0 Å². The van der Waals surface area contributed by atoms with E-state index >= 15 is 0 Å². The number of hydrogen-bond acceptors (Lipinski definition) is 2. The average molecular weight is 259 g/mol. The Morgan fingerprint density at radius 2 is 1.95 bits per heavy atom. The van der Waals surface area contributed by atoms with Crippen molar-refractivity contribution < 1.29 is 4.79 Å². The summed E-state index contributed by atoms with van der Waals surface area (Å²) in [5.74, 6) is 1.20. The molecule has 1 aliphatic carbocycles. The maximum atomic E-state index is 12.0. The lowest BCUT2D eigenvalue weighted by Crippen LogP contribution is -2.33. The van der Waals surface area contributed by atoms with E-state index in [0.717, 1.165) is 24.4 Å². The number of ketones is 1. The van der Waals surface area contributed by atoms with Crippen LogP contribution in [-0.4, -0.2) is 29.8 Å². The van der Waals surface area contributed by atoms with Crippen LogP contribution in [0.2, 0.25) is 0 Å². The van der Waals surface area contributed by atoms with Gasteiger partial charge in [-0.2, -0.15) is 0 Å². The molecule has 0 unspecified atom stereocenters. The van der Waals surface area contributed by atoms with Gasteiger partial charge in [0.1, 0.15) is 0 Å². The van der Waals surface area contributed by atoms with Gasteiger partial charge in [0.15, 0.2) is 5.78 Å². The molecule has 1 fully saturated rings. The van der Waals surface area contributed by atoms with E-state index in [9.17, 15) is 4.79 Å². The largest absolute Gasteiger partial charge is 0.301 e. The first-order valence-corrected chi connectivity index (χ1v) is 7.49. The van der Waals surface area contributed by atoms with Gasteiger partial charge in [-0.1, -0.05) is 30.3 Å². The molecule has 0 aromatic heterocycles. The molecule has 1 saturated carbocycles. The van der Waals surface area contributed by atoms with Gasteiger partial charge in [-0.25, -0.2) is 0 Å². The fourth-order valence-electron chi connectivity index (χ4n) is 2.40. The molecule has 0 spiro atoms. The second-order valence-corrected chi connectivity index (χ2v) is 5.92. The first kappa shape index (κ1) is 14.3. The summed E-state index contributed by atoms with van der Waals surface area (Å²) in [5, 5.41) is 0. The molecule has 0 saturated heterocycles. The highest BCUT2D eigenvalue weighted by Crippen LogP contribution is 2.30. The summed E-state index contributed by atoms with van der Waals surface area (Å²) in [7, 11) is 0. The monoisotopic (exact) mass is 259 g/mol. The Morgan fingerprint density at radius 3 is 2.53 bits per heavy atom. The lowest BCUT2D eigenvalue weighted by atomic mass is 10.1. The van der Waals surface area contributed by atoms with Crippen LogP contribution in [0.15, 0.2) is 30.3 Å². The zero-order valence-electron chi connectivity index (χ0n) is 12.1. The van der Waals surface area contributed by atoms with Gasteiger partial charge in [-0.3, -0.25) is 4.79 Å². The van der Waals surface area contributed by atoms with E-state index in [-0.39, 0.29) is 5.78 Å². The number of nitrogens with zero attached hydrogens (tertiary/aromatic N) is 1. The van der Waals surface area contributed by atoms with Gasteiger partial charge in [0.05, 0.1) is 0 Å². The van der Waals surface area contributed by atoms with Crippen molar-refractivity contribution in [3.05, 3.63) is 35.9 Å². The topological polar surface area (TPSA) is 20.3 Å². The third kappa shape index (κ3) is 4.79. The van der Waals surface area contributed by atoms with Crippen LogP contribution in [0.3, 0.4) is 0 Å². The van der Waals surface area contributed by atoms with Gasteiger partial charge in [0.25, 0.3) is 0 Å². The number of benzene rings is 1. The van der Waals surface area contributed by atoms with Gasteiger partial charge < -0.3 is 4.90 Å².